The van der Waals surface area contributed by atoms with Crippen molar-refractivity contribution in [3.8, 4) is 0 Å². The normalized spacial score (nSPS) is 35.7. The lowest BCUT2D eigenvalue weighted by molar-refractivity contribution is -0.276. The smallest absolute Gasteiger partial charge is 0.372 e. The minimum atomic E-state index is -3.92. The summed E-state index contributed by atoms with van der Waals surface area (Å²) in [5, 5.41) is 39.7. The molecule has 1 aliphatic rings. The molecule has 1 rings (SSSR count). The highest BCUT2D eigenvalue weighted by Gasteiger charge is 2.63. The zero-order valence-corrected chi connectivity index (χ0v) is 13.5. The molecule has 1 amide bonds. The molecule has 2 unspecified atom stereocenters. The molecule has 0 radical (unpaired) electrons. The first-order valence-electron chi connectivity index (χ1n) is 7.23. The highest BCUT2D eigenvalue weighted by molar-refractivity contribution is 5.79. The quantitative estimate of drug-likeness (QED) is 0.219. The van der Waals surface area contributed by atoms with Crippen LogP contribution in [0.25, 0.3) is 0 Å². The van der Waals surface area contributed by atoms with Crippen molar-refractivity contribution >= 4 is 17.7 Å². The number of carboxylic acid groups (broad SMARTS) is 1. The third-order valence-corrected chi connectivity index (χ3v) is 3.62. The van der Waals surface area contributed by atoms with Gasteiger partial charge in [0.05, 0.1) is 18.5 Å². The Morgan fingerprint density at radius 3 is 2.36 bits per heavy atom. The van der Waals surface area contributed by atoms with E-state index >= 15 is 0 Å². The van der Waals surface area contributed by atoms with E-state index in [1.54, 1.807) is 0 Å². The average molecular weight is 369 g/mol. The number of aliphatic carboxylic acids is 1. The highest BCUT2D eigenvalue weighted by atomic mass is 19.2. The van der Waals surface area contributed by atoms with E-state index in [4.69, 9.17) is 15.9 Å². The summed E-state index contributed by atoms with van der Waals surface area (Å²) in [6, 6.07) is -3.43. The van der Waals surface area contributed by atoms with Gasteiger partial charge in [0.2, 0.25) is 5.91 Å². The van der Waals surface area contributed by atoms with Gasteiger partial charge in [-0.25, -0.2) is 9.18 Å². The molecule has 1 fully saturated rings. The number of alkyl halides is 2. The van der Waals surface area contributed by atoms with E-state index in [0.717, 1.165) is 6.92 Å². The van der Waals surface area contributed by atoms with E-state index in [1.807, 2.05) is 0 Å². The van der Waals surface area contributed by atoms with Crippen LogP contribution in [-0.4, -0.2) is 87.2 Å². The summed E-state index contributed by atoms with van der Waals surface area (Å²) < 4.78 is 33.7. The molecule has 0 aromatic carbocycles. The van der Waals surface area contributed by atoms with Gasteiger partial charge < -0.3 is 36.2 Å². The lowest BCUT2D eigenvalue weighted by Crippen LogP contribution is -2.70. The molecule has 1 saturated heterocycles. The molecule has 12 heteroatoms. The van der Waals surface area contributed by atoms with E-state index in [1.165, 1.54) is 6.92 Å². The van der Waals surface area contributed by atoms with Crippen molar-refractivity contribution in [3.63, 3.8) is 0 Å². The molecular formula is C13H21F2N3O7. The summed E-state index contributed by atoms with van der Waals surface area (Å²) >= 11 is 0. The number of rotatable bonds is 6. The number of hydrogen-bond donors (Lipinski definition) is 6. The number of nitrogens with one attached hydrogen (secondary N) is 1. The summed E-state index contributed by atoms with van der Waals surface area (Å²) in [6.07, 6.45) is -8.75. The van der Waals surface area contributed by atoms with Gasteiger partial charge >= 0.3 is 11.8 Å². The molecule has 1 aliphatic heterocycles. The van der Waals surface area contributed by atoms with E-state index in [-0.39, 0.29) is 5.84 Å². The zero-order valence-electron chi connectivity index (χ0n) is 13.5. The van der Waals surface area contributed by atoms with Crippen LogP contribution >= 0.6 is 0 Å². The maximum Gasteiger partial charge on any atom is 0.372 e. The monoisotopic (exact) mass is 369 g/mol. The Labute approximate surface area is 141 Å². The van der Waals surface area contributed by atoms with E-state index < -0.39 is 60.9 Å². The number of ether oxygens (including phenoxy) is 1. The summed E-state index contributed by atoms with van der Waals surface area (Å²) in [5.41, 5.74) is 5.36. The number of nitrogens with two attached hydrogens (primary N) is 1. The SMILES string of the molecule is CC(=O)N[C@H]1C([C@H](O)[C@H](O)CO)O[C@@](F)(C(=O)O)[C@@H](F)C1N=C(C)N. The van der Waals surface area contributed by atoms with Crippen molar-refractivity contribution in [2.45, 2.75) is 56.3 Å². The van der Waals surface area contributed by atoms with Gasteiger partial charge in [0.25, 0.3) is 0 Å². The third-order valence-electron chi connectivity index (χ3n) is 3.62. The van der Waals surface area contributed by atoms with Crippen LogP contribution in [0.2, 0.25) is 0 Å². The second-order valence-electron chi connectivity index (χ2n) is 5.66. The third kappa shape index (κ3) is 4.39. The number of amidine groups is 1. The molecule has 10 nitrogen and oxygen atoms in total. The van der Waals surface area contributed by atoms with Crippen molar-refractivity contribution in [3.05, 3.63) is 0 Å². The van der Waals surface area contributed by atoms with Crippen LogP contribution in [0.5, 0.6) is 0 Å². The first-order valence-corrected chi connectivity index (χ1v) is 7.23. The number of nitrogens with zero attached hydrogens (tertiary/aromatic N) is 1. The van der Waals surface area contributed by atoms with E-state index in [9.17, 15) is 28.6 Å². The van der Waals surface area contributed by atoms with Crippen molar-refractivity contribution in [1.29, 1.82) is 0 Å². The van der Waals surface area contributed by atoms with Gasteiger partial charge in [-0.3, -0.25) is 9.79 Å². The van der Waals surface area contributed by atoms with Gasteiger partial charge in [-0.15, -0.1) is 0 Å². The molecule has 144 valence electrons. The molecule has 0 bridgehead atoms. The highest BCUT2D eigenvalue weighted by Crippen LogP contribution is 2.37. The second kappa shape index (κ2) is 7.99. The molecule has 0 saturated carbocycles. The number of aliphatic imine (C=N–C) groups is 1. The topological polar surface area (TPSA) is 175 Å². The zero-order chi connectivity index (χ0) is 19.5. The van der Waals surface area contributed by atoms with Gasteiger partial charge in [-0.05, 0) is 6.92 Å². The molecule has 0 aromatic heterocycles. The fraction of sp³-hybridized carbons (Fsp3) is 0.769. The fourth-order valence-corrected chi connectivity index (χ4v) is 2.49. The Hall–Kier alpha value is -1.89. The van der Waals surface area contributed by atoms with Crippen molar-refractivity contribution in [1.82, 2.24) is 5.32 Å². The summed E-state index contributed by atoms with van der Waals surface area (Å²) in [5.74, 6) is -7.23. The molecule has 7 atom stereocenters. The van der Waals surface area contributed by atoms with Crippen LogP contribution < -0.4 is 11.1 Å². The Morgan fingerprint density at radius 2 is 1.96 bits per heavy atom. The Kier molecular flexibility index (Phi) is 6.76. The van der Waals surface area contributed by atoms with Crippen LogP contribution in [0.4, 0.5) is 8.78 Å². The van der Waals surface area contributed by atoms with Gasteiger partial charge in [0.1, 0.15) is 24.4 Å². The van der Waals surface area contributed by atoms with Crippen LogP contribution in [0.1, 0.15) is 13.8 Å². The summed E-state index contributed by atoms with van der Waals surface area (Å²) in [6.45, 7) is 1.27. The Bertz CT molecular complexity index is 546. The number of carbonyl (C=O) groups excluding carboxylic acids is 1. The van der Waals surface area contributed by atoms with Gasteiger partial charge in [0, 0.05) is 6.92 Å². The largest absolute Gasteiger partial charge is 0.477 e. The van der Waals surface area contributed by atoms with Crippen molar-refractivity contribution in [2.75, 3.05) is 6.61 Å². The van der Waals surface area contributed by atoms with Crippen LogP contribution in [0, 0.1) is 0 Å². The molecule has 1 heterocycles. The Balaban J connectivity index is 3.44. The average Bonchev–Trinajstić information content (AvgIpc) is 2.51. The minimum absolute atomic E-state index is 0.242. The first kappa shape index (κ1) is 21.2. The number of carbonyl (C=O) groups is 2. The fourth-order valence-electron chi connectivity index (χ4n) is 2.49. The molecular weight excluding hydrogens is 348 g/mol. The predicted octanol–water partition coefficient (Wildman–Crippen LogP) is -2.56. The molecule has 0 aromatic rings. The van der Waals surface area contributed by atoms with Gasteiger partial charge in [0.15, 0.2) is 6.17 Å². The summed E-state index contributed by atoms with van der Waals surface area (Å²) in [4.78, 5) is 26.1. The maximum absolute atomic E-state index is 14.6. The number of aliphatic hydroxyl groups is 3. The van der Waals surface area contributed by atoms with Crippen molar-refractivity contribution < 1.29 is 43.5 Å². The lowest BCUT2D eigenvalue weighted by Gasteiger charge is -2.45. The van der Waals surface area contributed by atoms with Crippen molar-refractivity contribution in [2.24, 2.45) is 10.7 Å². The second-order valence-corrected chi connectivity index (χ2v) is 5.66. The number of aliphatic hydroxyl groups excluding tert-OH is 3. The molecule has 7 N–H and O–H groups in total. The van der Waals surface area contributed by atoms with E-state index in [2.05, 4.69) is 15.0 Å². The number of hydrogen-bond acceptors (Lipinski definition) is 7. The maximum atomic E-state index is 14.6. The lowest BCUT2D eigenvalue weighted by atomic mass is 9.86. The van der Waals surface area contributed by atoms with Gasteiger partial charge in [-0.2, -0.15) is 4.39 Å². The molecule has 0 aliphatic carbocycles. The summed E-state index contributed by atoms with van der Waals surface area (Å²) in [7, 11) is 0. The molecule has 25 heavy (non-hydrogen) atoms. The Morgan fingerprint density at radius 1 is 1.40 bits per heavy atom. The number of carboxylic acids is 1. The molecule has 0 spiro atoms. The van der Waals surface area contributed by atoms with Gasteiger partial charge in [-0.1, -0.05) is 0 Å². The minimum Gasteiger partial charge on any atom is -0.477 e. The van der Waals surface area contributed by atoms with E-state index in [0.29, 0.717) is 0 Å². The number of amides is 1. The van der Waals surface area contributed by atoms with Crippen LogP contribution in [-0.2, 0) is 14.3 Å². The van der Waals surface area contributed by atoms with Crippen LogP contribution in [0.3, 0.4) is 0 Å². The predicted molar refractivity (Wildman–Crippen MR) is 79.0 cm³/mol. The van der Waals surface area contributed by atoms with Crippen LogP contribution in [0.15, 0.2) is 4.99 Å². The first-order chi connectivity index (χ1) is 11.5. The standard InChI is InChI=1S/C13H21F2N3O7/c1-4(16)17-8-7(18-5(2)20)10(9(22)6(21)3-19)25-13(15,11(8)14)12(23)24/h6-11,19,21-22H,3H2,1-2H3,(H2,16,17)(H,18,20)(H,23,24)/t6-,7-,8?,9-,10?,11+,13-/m1/s1. The number of halogens is 2.